The highest BCUT2D eigenvalue weighted by molar-refractivity contribution is 6.34. The van der Waals surface area contributed by atoms with Gasteiger partial charge in [-0.3, -0.25) is 9.48 Å². The van der Waals surface area contributed by atoms with E-state index in [1.807, 2.05) is 11.8 Å². The molecule has 1 aromatic rings. The van der Waals surface area contributed by atoms with Crippen molar-refractivity contribution in [3.05, 3.63) is 16.4 Å². The average Bonchev–Trinajstić information content (AvgIpc) is 2.56. The van der Waals surface area contributed by atoms with Crippen LogP contribution in [0.3, 0.4) is 0 Å². The largest absolute Gasteiger partial charge is 0.337 e. The number of rotatable bonds is 1. The first-order valence-corrected chi connectivity index (χ1v) is 6.37. The molecule has 1 unspecified atom stereocenters. The highest BCUT2D eigenvalue weighted by Crippen LogP contribution is 2.23. The third-order valence-electron chi connectivity index (χ3n) is 3.41. The predicted molar refractivity (Wildman–Crippen MR) is 67.3 cm³/mol. The van der Waals surface area contributed by atoms with Crippen LogP contribution in [0.25, 0.3) is 0 Å². The zero-order valence-electron chi connectivity index (χ0n) is 10.5. The second-order valence-electron chi connectivity index (χ2n) is 4.87. The lowest BCUT2D eigenvalue weighted by Gasteiger charge is -2.30. The maximum atomic E-state index is 12.3. The molecule has 4 nitrogen and oxygen atoms in total. The van der Waals surface area contributed by atoms with Crippen LogP contribution >= 0.6 is 11.6 Å². The number of amides is 1. The smallest absolute Gasteiger partial charge is 0.275 e. The molecule has 1 aromatic heterocycles. The van der Waals surface area contributed by atoms with E-state index >= 15 is 0 Å². The van der Waals surface area contributed by atoms with Crippen LogP contribution in [-0.4, -0.2) is 33.7 Å². The summed E-state index contributed by atoms with van der Waals surface area (Å²) < 4.78 is 1.66. The molecule has 1 aliphatic rings. The number of likely N-dealkylation sites (tertiary alicyclic amines) is 1. The molecule has 0 saturated carbocycles. The monoisotopic (exact) mass is 255 g/mol. The molecule has 0 N–H and O–H groups in total. The van der Waals surface area contributed by atoms with Crippen molar-refractivity contribution in [3.63, 3.8) is 0 Å². The summed E-state index contributed by atoms with van der Waals surface area (Å²) in [6, 6.07) is 0. The van der Waals surface area contributed by atoms with Crippen LogP contribution in [-0.2, 0) is 7.05 Å². The highest BCUT2D eigenvalue weighted by atomic mass is 35.5. The SMILES string of the molecule is Cc1c(Cl)c(C(=O)N2CCCC(C)C2)nn1C. The molecule has 5 heteroatoms. The topological polar surface area (TPSA) is 38.1 Å². The molecule has 1 atom stereocenters. The van der Waals surface area contributed by atoms with Gasteiger partial charge in [0.1, 0.15) is 0 Å². The Morgan fingerprint density at radius 3 is 2.76 bits per heavy atom. The fourth-order valence-corrected chi connectivity index (χ4v) is 2.48. The molecule has 94 valence electrons. The van der Waals surface area contributed by atoms with Gasteiger partial charge in [-0.15, -0.1) is 0 Å². The van der Waals surface area contributed by atoms with Crippen LogP contribution in [0, 0.1) is 12.8 Å². The first kappa shape index (κ1) is 12.4. The zero-order valence-corrected chi connectivity index (χ0v) is 11.3. The van der Waals surface area contributed by atoms with Crippen molar-refractivity contribution in [1.82, 2.24) is 14.7 Å². The minimum atomic E-state index is -0.0368. The number of carbonyl (C=O) groups is 1. The van der Waals surface area contributed by atoms with Crippen molar-refractivity contribution in [2.24, 2.45) is 13.0 Å². The molecule has 0 aliphatic carbocycles. The Hall–Kier alpha value is -1.03. The van der Waals surface area contributed by atoms with Gasteiger partial charge in [-0.25, -0.2) is 0 Å². The molecular weight excluding hydrogens is 238 g/mol. The van der Waals surface area contributed by atoms with E-state index in [9.17, 15) is 4.79 Å². The van der Waals surface area contributed by atoms with Crippen molar-refractivity contribution in [2.45, 2.75) is 26.7 Å². The van der Waals surface area contributed by atoms with Crippen LogP contribution in [0.4, 0.5) is 0 Å². The van der Waals surface area contributed by atoms with Crippen molar-refractivity contribution in [2.75, 3.05) is 13.1 Å². The standard InChI is InChI=1S/C12H18ClN3O/c1-8-5-4-6-16(7-8)12(17)11-10(13)9(2)15(3)14-11/h8H,4-7H2,1-3H3. The van der Waals surface area contributed by atoms with Gasteiger partial charge in [0.2, 0.25) is 0 Å². The molecule has 1 amide bonds. The maximum absolute atomic E-state index is 12.3. The van der Waals surface area contributed by atoms with Crippen molar-refractivity contribution in [1.29, 1.82) is 0 Å². The second-order valence-corrected chi connectivity index (χ2v) is 5.25. The molecule has 1 fully saturated rings. The van der Waals surface area contributed by atoms with E-state index in [2.05, 4.69) is 12.0 Å². The Balaban J connectivity index is 2.21. The van der Waals surface area contributed by atoms with Gasteiger partial charge < -0.3 is 4.90 Å². The van der Waals surface area contributed by atoms with Crippen LogP contribution < -0.4 is 0 Å². The molecule has 17 heavy (non-hydrogen) atoms. The normalized spacial score (nSPS) is 20.7. The van der Waals surface area contributed by atoms with Gasteiger partial charge in [-0.2, -0.15) is 5.10 Å². The lowest BCUT2D eigenvalue weighted by atomic mass is 10.00. The fraction of sp³-hybridized carbons (Fsp3) is 0.667. The third-order valence-corrected chi connectivity index (χ3v) is 3.86. The summed E-state index contributed by atoms with van der Waals surface area (Å²) in [6.45, 7) is 5.66. The van der Waals surface area contributed by atoms with E-state index in [4.69, 9.17) is 11.6 Å². The Morgan fingerprint density at radius 1 is 1.53 bits per heavy atom. The fourth-order valence-electron chi connectivity index (χ4n) is 2.24. The van der Waals surface area contributed by atoms with E-state index in [0.29, 0.717) is 16.6 Å². The number of piperidine rings is 1. The summed E-state index contributed by atoms with van der Waals surface area (Å²) in [6.07, 6.45) is 2.26. The van der Waals surface area contributed by atoms with E-state index in [1.165, 1.54) is 6.42 Å². The molecule has 2 heterocycles. The van der Waals surface area contributed by atoms with Crippen LogP contribution in [0.5, 0.6) is 0 Å². The van der Waals surface area contributed by atoms with E-state index in [0.717, 1.165) is 25.2 Å². The van der Waals surface area contributed by atoms with Crippen molar-refractivity contribution in [3.8, 4) is 0 Å². The molecule has 1 aliphatic heterocycles. The van der Waals surface area contributed by atoms with E-state index in [-0.39, 0.29) is 5.91 Å². The van der Waals surface area contributed by atoms with Crippen molar-refractivity contribution >= 4 is 17.5 Å². The summed E-state index contributed by atoms with van der Waals surface area (Å²) in [5, 5.41) is 4.69. The Bertz CT molecular complexity index is 441. The van der Waals surface area contributed by atoms with Gasteiger partial charge in [-0.1, -0.05) is 18.5 Å². The first-order chi connectivity index (χ1) is 8.00. The minimum absolute atomic E-state index is 0.0368. The quantitative estimate of drug-likeness (QED) is 0.772. The van der Waals surface area contributed by atoms with E-state index < -0.39 is 0 Å². The number of hydrogen-bond acceptors (Lipinski definition) is 2. The Labute approximate surface area is 107 Å². The lowest BCUT2D eigenvalue weighted by Crippen LogP contribution is -2.39. The lowest BCUT2D eigenvalue weighted by molar-refractivity contribution is 0.0676. The van der Waals surface area contributed by atoms with Crippen LogP contribution in [0.1, 0.15) is 35.9 Å². The highest BCUT2D eigenvalue weighted by Gasteiger charge is 2.26. The summed E-state index contributed by atoms with van der Waals surface area (Å²) in [7, 11) is 1.80. The van der Waals surface area contributed by atoms with Gasteiger partial charge in [0.05, 0.1) is 10.7 Å². The minimum Gasteiger partial charge on any atom is -0.337 e. The number of halogens is 1. The zero-order chi connectivity index (χ0) is 12.6. The number of carbonyl (C=O) groups excluding carboxylic acids is 1. The molecule has 1 saturated heterocycles. The molecule has 0 spiro atoms. The van der Waals surface area contributed by atoms with Crippen LogP contribution in [0.15, 0.2) is 0 Å². The average molecular weight is 256 g/mol. The third kappa shape index (κ3) is 2.32. The molecule has 2 rings (SSSR count). The van der Waals surface area contributed by atoms with Gasteiger partial charge in [0.15, 0.2) is 5.69 Å². The molecular formula is C12H18ClN3O. The summed E-state index contributed by atoms with van der Waals surface area (Å²) >= 11 is 6.13. The Kier molecular flexibility index (Phi) is 3.43. The molecule has 0 bridgehead atoms. The van der Waals surface area contributed by atoms with Crippen molar-refractivity contribution < 1.29 is 4.79 Å². The first-order valence-electron chi connectivity index (χ1n) is 5.99. The summed E-state index contributed by atoms with van der Waals surface area (Å²) in [5.41, 5.74) is 1.22. The number of hydrogen-bond donors (Lipinski definition) is 0. The number of nitrogens with zero attached hydrogens (tertiary/aromatic N) is 3. The van der Waals surface area contributed by atoms with Gasteiger partial charge >= 0.3 is 0 Å². The van der Waals surface area contributed by atoms with E-state index in [1.54, 1.807) is 11.7 Å². The predicted octanol–water partition coefficient (Wildman–Crippen LogP) is 2.25. The number of aromatic nitrogens is 2. The molecule has 0 radical (unpaired) electrons. The Morgan fingerprint density at radius 2 is 2.24 bits per heavy atom. The summed E-state index contributed by atoms with van der Waals surface area (Å²) in [4.78, 5) is 14.2. The van der Waals surface area contributed by atoms with Gasteiger partial charge in [0, 0.05) is 20.1 Å². The summed E-state index contributed by atoms with van der Waals surface area (Å²) in [5.74, 6) is 0.529. The maximum Gasteiger partial charge on any atom is 0.275 e. The van der Waals surface area contributed by atoms with Gasteiger partial charge in [0.25, 0.3) is 5.91 Å². The second kappa shape index (κ2) is 4.69. The number of aryl methyl sites for hydroxylation is 1. The van der Waals surface area contributed by atoms with Crippen LogP contribution in [0.2, 0.25) is 5.02 Å². The molecule has 0 aromatic carbocycles. The van der Waals surface area contributed by atoms with Gasteiger partial charge in [-0.05, 0) is 25.7 Å².